The molecule has 7 nitrogen and oxygen atoms in total. The fraction of sp³-hybridized carbons (Fsp3) is 0.900. The summed E-state index contributed by atoms with van der Waals surface area (Å²) in [6.45, 7) is 8.16. The molecule has 2 aliphatic carbocycles. The molecule has 1 amide bonds. The summed E-state index contributed by atoms with van der Waals surface area (Å²) >= 11 is 0. The van der Waals surface area contributed by atoms with Crippen LogP contribution in [0.25, 0.3) is 0 Å². The molecule has 1 aliphatic heterocycles. The van der Waals surface area contributed by atoms with E-state index in [9.17, 15) is 4.79 Å². The van der Waals surface area contributed by atoms with Gasteiger partial charge in [-0.15, -0.1) is 24.0 Å². The molecule has 0 aromatic rings. The van der Waals surface area contributed by atoms with Crippen LogP contribution in [0.4, 0.5) is 0 Å². The molecule has 3 aliphatic rings. The highest BCUT2D eigenvalue weighted by atomic mass is 127. The lowest BCUT2D eigenvalue weighted by Crippen LogP contribution is -2.69. The maximum absolute atomic E-state index is 11.5. The molecule has 28 heavy (non-hydrogen) atoms. The van der Waals surface area contributed by atoms with Crippen LogP contribution in [-0.4, -0.2) is 74.8 Å². The summed E-state index contributed by atoms with van der Waals surface area (Å²) in [6, 6.07) is 0.901. The molecule has 0 radical (unpaired) electrons. The number of rotatable bonds is 7. The average Bonchev–Trinajstić information content (AvgIpc) is 2.61. The largest absolute Gasteiger partial charge is 0.378 e. The number of nitrogens with zero attached hydrogens (tertiary/aromatic N) is 2. The molecular formula is C20H38IN5O2. The Hall–Kier alpha value is -0.610. The highest BCUT2D eigenvalue weighted by Crippen LogP contribution is 2.57. The van der Waals surface area contributed by atoms with E-state index >= 15 is 0 Å². The van der Waals surface area contributed by atoms with E-state index in [0.29, 0.717) is 30.1 Å². The zero-order chi connectivity index (χ0) is 19.3. The Morgan fingerprint density at radius 2 is 1.93 bits per heavy atom. The monoisotopic (exact) mass is 507 g/mol. The summed E-state index contributed by atoms with van der Waals surface area (Å²) in [5, 5.41) is 10.1. The van der Waals surface area contributed by atoms with Crippen LogP contribution in [0.3, 0.4) is 0 Å². The Labute approximate surface area is 186 Å². The number of hydrogen-bond donors (Lipinski definition) is 3. The van der Waals surface area contributed by atoms with Gasteiger partial charge >= 0.3 is 0 Å². The SMILES string of the molecule is CCN=C(NC1CCN(CC(=O)NC)CC1)NC1CC(OCC)C12CCC2.I. The summed E-state index contributed by atoms with van der Waals surface area (Å²) < 4.78 is 5.97. The van der Waals surface area contributed by atoms with Gasteiger partial charge in [-0.3, -0.25) is 14.7 Å². The second-order valence-electron chi connectivity index (χ2n) is 8.15. The van der Waals surface area contributed by atoms with E-state index in [1.165, 1.54) is 19.3 Å². The fourth-order valence-corrected chi connectivity index (χ4v) is 4.81. The van der Waals surface area contributed by atoms with Crippen molar-refractivity contribution < 1.29 is 9.53 Å². The number of ether oxygens (including phenoxy) is 1. The van der Waals surface area contributed by atoms with E-state index in [-0.39, 0.29) is 29.9 Å². The van der Waals surface area contributed by atoms with Gasteiger partial charge in [0.25, 0.3) is 0 Å². The van der Waals surface area contributed by atoms with Crippen molar-refractivity contribution in [3.05, 3.63) is 0 Å². The topological polar surface area (TPSA) is 78.0 Å². The number of piperidine rings is 1. The normalized spacial score (nSPS) is 27.3. The van der Waals surface area contributed by atoms with Gasteiger partial charge in [0.1, 0.15) is 0 Å². The number of hydrogen-bond acceptors (Lipinski definition) is 4. The van der Waals surface area contributed by atoms with E-state index in [1.807, 2.05) is 0 Å². The van der Waals surface area contributed by atoms with Crippen LogP contribution >= 0.6 is 24.0 Å². The number of guanidine groups is 1. The minimum atomic E-state index is 0. The molecule has 2 unspecified atom stereocenters. The number of nitrogens with one attached hydrogen (secondary N) is 3. The van der Waals surface area contributed by atoms with Crippen molar-refractivity contribution in [1.82, 2.24) is 20.9 Å². The third kappa shape index (κ3) is 5.30. The first-order valence-electron chi connectivity index (χ1n) is 10.7. The maximum atomic E-state index is 11.5. The predicted octanol–water partition coefficient (Wildman–Crippen LogP) is 1.72. The number of amides is 1. The lowest BCUT2D eigenvalue weighted by Gasteiger charge is -2.61. The second kappa shape index (κ2) is 11.0. The Morgan fingerprint density at radius 3 is 2.46 bits per heavy atom. The average molecular weight is 507 g/mol. The van der Waals surface area contributed by atoms with Gasteiger partial charge in [-0.25, -0.2) is 0 Å². The Bertz CT molecular complexity index is 533. The molecule has 3 N–H and O–H groups in total. The summed E-state index contributed by atoms with van der Waals surface area (Å²) in [6.07, 6.45) is 7.45. The smallest absolute Gasteiger partial charge is 0.233 e. The van der Waals surface area contributed by atoms with Crippen molar-refractivity contribution in [2.75, 3.05) is 39.8 Å². The Balaban J connectivity index is 0.00000280. The molecular weight excluding hydrogens is 469 g/mol. The molecule has 162 valence electrons. The predicted molar refractivity (Wildman–Crippen MR) is 123 cm³/mol. The summed E-state index contributed by atoms with van der Waals surface area (Å²) in [5.41, 5.74) is 0.336. The molecule has 1 spiro atoms. The fourth-order valence-electron chi connectivity index (χ4n) is 4.81. The molecule has 1 heterocycles. The van der Waals surface area contributed by atoms with E-state index in [0.717, 1.165) is 51.5 Å². The molecule has 0 aromatic heterocycles. The quantitative estimate of drug-likeness (QED) is 0.278. The lowest BCUT2D eigenvalue weighted by atomic mass is 9.51. The highest BCUT2D eigenvalue weighted by Gasteiger charge is 2.59. The summed E-state index contributed by atoms with van der Waals surface area (Å²) in [5.74, 6) is 1.05. The number of carbonyl (C=O) groups is 1. The van der Waals surface area contributed by atoms with Crippen LogP contribution in [0.2, 0.25) is 0 Å². The van der Waals surface area contributed by atoms with E-state index in [2.05, 4.69) is 34.7 Å². The van der Waals surface area contributed by atoms with Gasteiger partial charge in [-0.05, 0) is 46.0 Å². The van der Waals surface area contributed by atoms with Crippen molar-refractivity contribution in [3.8, 4) is 0 Å². The minimum absolute atomic E-state index is 0. The highest BCUT2D eigenvalue weighted by molar-refractivity contribution is 14.0. The molecule has 2 atom stereocenters. The first-order chi connectivity index (χ1) is 13.1. The van der Waals surface area contributed by atoms with Crippen molar-refractivity contribution in [2.45, 2.75) is 70.6 Å². The maximum Gasteiger partial charge on any atom is 0.233 e. The zero-order valence-corrected chi connectivity index (χ0v) is 20.0. The van der Waals surface area contributed by atoms with Crippen LogP contribution in [0, 0.1) is 5.41 Å². The molecule has 1 saturated heterocycles. The number of aliphatic imine (C=N–C) groups is 1. The molecule has 0 aromatic carbocycles. The van der Waals surface area contributed by atoms with Crippen LogP contribution in [0.5, 0.6) is 0 Å². The van der Waals surface area contributed by atoms with Gasteiger partial charge in [0.2, 0.25) is 5.91 Å². The molecule has 0 bridgehead atoms. The van der Waals surface area contributed by atoms with E-state index < -0.39 is 0 Å². The van der Waals surface area contributed by atoms with Gasteiger partial charge in [0.05, 0.1) is 12.6 Å². The third-order valence-corrected chi connectivity index (χ3v) is 6.64. The van der Waals surface area contributed by atoms with Gasteiger partial charge in [-0.2, -0.15) is 0 Å². The van der Waals surface area contributed by atoms with Gasteiger partial charge in [0, 0.05) is 50.8 Å². The zero-order valence-electron chi connectivity index (χ0n) is 17.6. The minimum Gasteiger partial charge on any atom is -0.378 e. The van der Waals surface area contributed by atoms with Crippen molar-refractivity contribution in [3.63, 3.8) is 0 Å². The van der Waals surface area contributed by atoms with Crippen molar-refractivity contribution >= 4 is 35.8 Å². The van der Waals surface area contributed by atoms with Crippen molar-refractivity contribution in [2.24, 2.45) is 10.4 Å². The van der Waals surface area contributed by atoms with E-state index in [4.69, 9.17) is 9.73 Å². The number of likely N-dealkylation sites (N-methyl/N-ethyl adjacent to an activating group) is 1. The van der Waals surface area contributed by atoms with Crippen molar-refractivity contribution in [1.29, 1.82) is 0 Å². The third-order valence-electron chi connectivity index (χ3n) is 6.64. The first-order valence-corrected chi connectivity index (χ1v) is 10.7. The Morgan fingerprint density at radius 1 is 1.21 bits per heavy atom. The standard InChI is InChI=1S/C20H37N5O2.HI/c1-4-22-19(23-15-7-11-25(12-8-15)14-18(26)21-3)24-16-13-17(27-5-2)20(16)9-6-10-20;/h15-17H,4-14H2,1-3H3,(H,21,26)(H2,22,23,24);1H. The van der Waals surface area contributed by atoms with Gasteiger partial charge < -0.3 is 20.7 Å². The number of carbonyl (C=O) groups excluding carboxylic acids is 1. The number of likely N-dealkylation sites (tertiary alicyclic amines) is 1. The van der Waals surface area contributed by atoms with Gasteiger partial charge in [-0.1, -0.05) is 6.42 Å². The van der Waals surface area contributed by atoms with E-state index in [1.54, 1.807) is 7.05 Å². The molecule has 2 saturated carbocycles. The molecule has 3 rings (SSSR count). The second-order valence-corrected chi connectivity index (χ2v) is 8.15. The Kier molecular flexibility index (Phi) is 9.27. The summed E-state index contributed by atoms with van der Waals surface area (Å²) in [7, 11) is 1.70. The van der Waals surface area contributed by atoms with Crippen LogP contribution in [-0.2, 0) is 9.53 Å². The summed E-state index contributed by atoms with van der Waals surface area (Å²) in [4.78, 5) is 18.5. The first kappa shape index (κ1) is 23.7. The molecule has 3 fully saturated rings. The van der Waals surface area contributed by atoms with Crippen LogP contribution in [0.15, 0.2) is 4.99 Å². The van der Waals surface area contributed by atoms with Gasteiger partial charge in [0.15, 0.2) is 5.96 Å². The van der Waals surface area contributed by atoms with Crippen LogP contribution < -0.4 is 16.0 Å². The van der Waals surface area contributed by atoms with Crippen LogP contribution in [0.1, 0.15) is 52.4 Å². The molecule has 8 heteroatoms. The number of halogens is 1. The lowest BCUT2D eigenvalue weighted by molar-refractivity contribution is -0.168.